The van der Waals surface area contributed by atoms with Crippen LogP contribution in [-0.2, 0) is 6.54 Å². The molecule has 2 N–H and O–H groups in total. The highest BCUT2D eigenvalue weighted by Crippen LogP contribution is 2.31. The summed E-state index contributed by atoms with van der Waals surface area (Å²) in [6, 6.07) is 16.0. The van der Waals surface area contributed by atoms with Crippen LogP contribution in [0.5, 0.6) is 5.75 Å². The largest absolute Gasteiger partial charge is 0.573 e. The van der Waals surface area contributed by atoms with E-state index in [9.17, 15) is 13.2 Å². The molecular formula is C18H19F3N2O. The van der Waals surface area contributed by atoms with Gasteiger partial charge in [-0.2, -0.15) is 0 Å². The molecule has 2 atom stereocenters. The highest BCUT2D eigenvalue weighted by Gasteiger charge is 2.33. The van der Waals surface area contributed by atoms with Gasteiger partial charge in [0.25, 0.3) is 0 Å². The second-order valence-corrected chi connectivity index (χ2v) is 6.07. The van der Waals surface area contributed by atoms with Crippen molar-refractivity contribution in [2.24, 2.45) is 5.73 Å². The molecule has 1 fully saturated rings. The second-order valence-electron chi connectivity index (χ2n) is 6.07. The number of alkyl halides is 3. The van der Waals surface area contributed by atoms with Gasteiger partial charge in [-0.1, -0.05) is 42.5 Å². The molecule has 1 heterocycles. The van der Waals surface area contributed by atoms with Crippen molar-refractivity contribution in [3.8, 4) is 5.75 Å². The first-order valence-electron chi connectivity index (χ1n) is 7.78. The maximum absolute atomic E-state index is 12.4. The highest BCUT2D eigenvalue weighted by molar-refractivity contribution is 5.33. The van der Waals surface area contributed by atoms with Crippen molar-refractivity contribution in [3.05, 3.63) is 65.7 Å². The first kappa shape index (κ1) is 16.8. The van der Waals surface area contributed by atoms with Gasteiger partial charge >= 0.3 is 6.36 Å². The normalized spacial score (nSPS) is 21.8. The van der Waals surface area contributed by atoms with Gasteiger partial charge in [-0.25, -0.2) is 0 Å². The molecule has 0 spiro atoms. The van der Waals surface area contributed by atoms with Crippen molar-refractivity contribution in [1.82, 2.24) is 4.90 Å². The van der Waals surface area contributed by atoms with E-state index in [0.29, 0.717) is 13.1 Å². The summed E-state index contributed by atoms with van der Waals surface area (Å²) in [6.45, 7) is 2.21. The Morgan fingerprint density at radius 2 is 1.79 bits per heavy atom. The van der Waals surface area contributed by atoms with Gasteiger partial charge in [0.1, 0.15) is 5.75 Å². The molecule has 2 aromatic rings. The Bertz CT molecular complexity index is 675. The highest BCUT2D eigenvalue weighted by atomic mass is 19.4. The van der Waals surface area contributed by atoms with Gasteiger partial charge in [0, 0.05) is 31.6 Å². The number of halogens is 3. The molecular weight excluding hydrogens is 317 g/mol. The fourth-order valence-electron chi connectivity index (χ4n) is 3.18. The lowest BCUT2D eigenvalue weighted by molar-refractivity contribution is -0.274. The lowest BCUT2D eigenvalue weighted by Crippen LogP contribution is -2.28. The molecule has 0 aliphatic carbocycles. The smallest absolute Gasteiger partial charge is 0.406 e. The Labute approximate surface area is 138 Å². The molecule has 0 radical (unpaired) electrons. The summed E-state index contributed by atoms with van der Waals surface area (Å²) in [4.78, 5) is 2.22. The maximum atomic E-state index is 12.4. The molecule has 2 aromatic carbocycles. The monoisotopic (exact) mass is 336 g/mol. The predicted molar refractivity (Wildman–Crippen MR) is 85.6 cm³/mol. The van der Waals surface area contributed by atoms with E-state index in [0.717, 1.165) is 12.1 Å². The number of nitrogens with zero attached hydrogens (tertiary/aromatic N) is 1. The van der Waals surface area contributed by atoms with Crippen molar-refractivity contribution >= 4 is 0 Å². The van der Waals surface area contributed by atoms with E-state index < -0.39 is 6.36 Å². The van der Waals surface area contributed by atoms with Gasteiger partial charge in [0.05, 0.1) is 0 Å². The molecule has 0 bridgehead atoms. The number of likely N-dealkylation sites (tertiary alicyclic amines) is 1. The van der Waals surface area contributed by atoms with Crippen molar-refractivity contribution in [2.75, 3.05) is 13.1 Å². The zero-order chi connectivity index (χ0) is 17.2. The Morgan fingerprint density at radius 1 is 1.04 bits per heavy atom. The number of hydrogen-bond acceptors (Lipinski definition) is 3. The number of hydrogen-bond donors (Lipinski definition) is 1. The zero-order valence-electron chi connectivity index (χ0n) is 13.0. The molecule has 1 aliphatic rings. The van der Waals surface area contributed by atoms with E-state index in [2.05, 4.69) is 21.8 Å². The van der Waals surface area contributed by atoms with Gasteiger partial charge < -0.3 is 10.5 Å². The molecule has 1 saturated heterocycles. The molecule has 24 heavy (non-hydrogen) atoms. The van der Waals surface area contributed by atoms with Crippen molar-refractivity contribution in [2.45, 2.75) is 24.9 Å². The van der Waals surface area contributed by atoms with Crippen LogP contribution in [0.3, 0.4) is 0 Å². The third-order valence-electron chi connectivity index (χ3n) is 4.21. The van der Waals surface area contributed by atoms with Crippen LogP contribution in [0.15, 0.2) is 54.6 Å². The summed E-state index contributed by atoms with van der Waals surface area (Å²) in [5.74, 6) is -0.209. The Hall–Kier alpha value is -2.05. The molecule has 0 unspecified atom stereocenters. The summed E-state index contributed by atoms with van der Waals surface area (Å²) >= 11 is 0. The van der Waals surface area contributed by atoms with Gasteiger partial charge in [0.15, 0.2) is 0 Å². The van der Waals surface area contributed by atoms with E-state index in [1.54, 1.807) is 12.1 Å². The summed E-state index contributed by atoms with van der Waals surface area (Å²) in [5, 5.41) is 0. The van der Waals surface area contributed by atoms with Crippen LogP contribution in [0.2, 0.25) is 0 Å². The van der Waals surface area contributed by atoms with Crippen LogP contribution in [0, 0.1) is 0 Å². The Kier molecular flexibility index (Phi) is 4.78. The number of ether oxygens (including phenoxy) is 1. The fraction of sp³-hybridized carbons (Fsp3) is 0.333. The molecule has 0 amide bonds. The van der Waals surface area contributed by atoms with Gasteiger partial charge in [-0.05, 0) is 23.3 Å². The average Bonchev–Trinajstić information content (AvgIpc) is 2.87. The SMILES string of the molecule is N[C@@H]1CN(Cc2ccccc2)C[C@H]1c1cccc(OC(F)(F)F)c1. The molecule has 3 rings (SSSR count). The van der Waals surface area contributed by atoms with Gasteiger partial charge in [-0.3, -0.25) is 4.90 Å². The summed E-state index contributed by atoms with van der Waals surface area (Å²) in [7, 11) is 0. The topological polar surface area (TPSA) is 38.5 Å². The Balaban J connectivity index is 1.70. The fourth-order valence-corrected chi connectivity index (χ4v) is 3.18. The second kappa shape index (κ2) is 6.83. The van der Waals surface area contributed by atoms with Crippen molar-refractivity contribution < 1.29 is 17.9 Å². The third kappa shape index (κ3) is 4.27. The molecule has 0 aromatic heterocycles. The lowest BCUT2D eigenvalue weighted by atomic mass is 9.95. The summed E-state index contributed by atoms with van der Waals surface area (Å²) in [5.41, 5.74) is 8.20. The van der Waals surface area contributed by atoms with Crippen LogP contribution >= 0.6 is 0 Å². The lowest BCUT2D eigenvalue weighted by Gasteiger charge is -2.17. The first-order chi connectivity index (χ1) is 11.4. The van der Waals surface area contributed by atoms with E-state index in [-0.39, 0.29) is 17.7 Å². The number of nitrogens with two attached hydrogens (primary N) is 1. The van der Waals surface area contributed by atoms with Crippen LogP contribution in [-0.4, -0.2) is 30.4 Å². The van der Waals surface area contributed by atoms with Crippen LogP contribution < -0.4 is 10.5 Å². The van der Waals surface area contributed by atoms with E-state index in [1.165, 1.54) is 17.7 Å². The third-order valence-corrected chi connectivity index (χ3v) is 4.21. The average molecular weight is 336 g/mol. The van der Waals surface area contributed by atoms with Crippen LogP contribution in [0.25, 0.3) is 0 Å². The van der Waals surface area contributed by atoms with Crippen molar-refractivity contribution in [1.29, 1.82) is 0 Å². The molecule has 6 heteroatoms. The minimum atomic E-state index is -4.68. The van der Waals surface area contributed by atoms with Crippen LogP contribution in [0.4, 0.5) is 13.2 Å². The number of benzene rings is 2. The van der Waals surface area contributed by atoms with Crippen LogP contribution in [0.1, 0.15) is 17.0 Å². The molecule has 0 saturated carbocycles. The standard InChI is InChI=1S/C18H19F3N2O/c19-18(20,21)24-15-8-4-7-14(9-15)16-11-23(12-17(16)22)10-13-5-2-1-3-6-13/h1-9,16-17H,10-12,22H2/t16-,17+/m0/s1. The summed E-state index contributed by atoms with van der Waals surface area (Å²) < 4.78 is 41.1. The van der Waals surface area contributed by atoms with Crippen molar-refractivity contribution in [3.63, 3.8) is 0 Å². The van der Waals surface area contributed by atoms with E-state index >= 15 is 0 Å². The molecule has 128 valence electrons. The predicted octanol–water partition coefficient (Wildman–Crippen LogP) is 3.51. The minimum absolute atomic E-state index is 0.00880. The van der Waals surface area contributed by atoms with E-state index in [4.69, 9.17) is 5.73 Å². The number of rotatable bonds is 4. The Morgan fingerprint density at radius 3 is 2.50 bits per heavy atom. The first-order valence-corrected chi connectivity index (χ1v) is 7.78. The van der Waals surface area contributed by atoms with E-state index in [1.807, 2.05) is 18.2 Å². The van der Waals surface area contributed by atoms with Gasteiger partial charge in [0.2, 0.25) is 0 Å². The molecule has 1 aliphatic heterocycles. The maximum Gasteiger partial charge on any atom is 0.573 e. The zero-order valence-corrected chi connectivity index (χ0v) is 13.0. The summed E-state index contributed by atoms with van der Waals surface area (Å²) in [6.07, 6.45) is -4.68. The minimum Gasteiger partial charge on any atom is -0.406 e. The quantitative estimate of drug-likeness (QED) is 0.928. The van der Waals surface area contributed by atoms with Gasteiger partial charge in [-0.15, -0.1) is 13.2 Å². The molecule has 3 nitrogen and oxygen atoms in total.